The first kappa shape index (κ1) is 11.0. The van der Waals surface area contributed by atoms with Crippen molar-refractivity contribution in [3.05, 3.63) is 0 Å². The summed E-state index contributed by atoms with van der Waals surface area (Å²) in [6.07, 6.45) is 0.820. The lowest BCUT2D eigenvalue weighted by Crippen LogP contribution is -2.54. The third-order valence-corrected chi connectivity index (χ3v) is 2.48. The van der Waals surface area contributed by atoms with E-state index in [1.54, 1.807) is 13.8 Å². The van der Waals surface area contributed by atoms with Gasteiger partial charge in [-0.05, 0) is 26.8 Å². The molecule has 1 saturated heterocycles. The van der Waals surface area contributed by atoms with Gasteiger partial charge < -0.3 is 16.4 Å². The zero-order valence-corrected chi connectivity index (χ0v) is 8.59. The summed E-state index contributed by atoms with van der Waals surface area (Å²) in [5.41, 5.74) is 4.19. The Morgan fingerprint density at radius 3 is 2.57 bits per heavy atom. The molecule has 0 radical (unpaired) electrons. The summed E-state index contributed by atoms with van der Waals surface area (Å²) >= 11 is 0. The van der Waals surface area contributed by atoms with Crippen molar-refractivity contribution in [1.29, 1.82) is 0 Å². The Hall–Kier alpha value is -1.10. The van der Waals surface area contributed by atoms with E-state index in [0.29, 0.717) is 6.54 Å². The van der Waals surface area contributed by atoms with Gasteiger partial charge in [0.15, 0.2) is 0 Å². The van der Waals surface area contributed by atoms with E-state index in [-0.39, 0.29) is 11.8 Å². The summed E-state index contributed by atoms with van der Waals surface area (Å²) in [7, 11) is 0. The Balaban J connectivity index is 2.51. The van der Waals surface area contributed by atoms with Crippen LogP contribution >= 0.6 is 0 Å². The first-order valence-electron chi connectivity index (χ1n) is 4.76. The SMILES string of the molecule is CC(C)(NC(=O)[C@H]1CCNC1)C(N)=O. The molecule has 1 rings (SSSR count). The Morgan fingerprint density at radius 1 is 1.50 bits per heavy atom. The lowest BCUT2D eigenvalue weighted by molar-refractivity contribution is -0.132. The molecular formula is C9H17N3O2. The maximum atomic E-state index is 11.6. The second-order valence-electron chi connectivity index (χ2n) is 4.17. The number of nitrogens with one attached hydrogen (secondary N) is 2. The topological polar surface area (TPSA) is 84.2 Å². The van der Waals surface area contributed by atoms with Crippen LogP contribution in [0.15, 0.2) is 0 Å². The van der Waals surface area contributed by atoms with Gasteiger partial charge >= 0.3 is 0 Å². The molecule has 2 amide bonds. The predicted molar refractivity (Wildman–Crippen MR) is 52.4 cm³/mol. The third kappa shape index (κ3) is 2.45. The van der Waals surface area contributed by atoms with Crippen LogP contribution in [-0.4, -0.2) is 30.4 Å². The van der Waals surface area contributed by atoms with Gasteiger partial charge in [-0.1, -0.05) is 0 Å². The molecule has 14 heavy (non-hydrogen) atoms. The van der Waals surface area contributed by atoms with Gasteiger partial charge in [-0.2, -0.15) is 0 Å². The smallest absolute Gasteiger partial charge is 0.242 e. The van der Waals surface area contributed by atoms with E-state index in [1.807, 2.05) is 0 Å². The molecule has 1 fully saturated rings. The van der Waals surface area contributed by atoms with E-state index in [4.69, 9.17) is 5.73 Å². The molecule has 0 aliphatic carbocycles. The molecule has 5 nitrogen and oxygen atoms in total. The average molecular weight is 199 g/mol. The van der Waals surface area contributed by atoms with E-state index in [9.17, 15) is 9.59 Å². The molecule has 0 spiro atoms. The summed E-state index contributed by atoms with van der Waals surface area (Å²) in [6, 6.07) is 0. The number of rotatable bonds is 3. The van der Waals surface area contributed by atoms with Crippen LogP contribution in [0.4, 0.5) is 0 Å². The molecule has 5 heteroatoms. The van der Waals surface area contributed by atoms with Crippen LogP contribution < -0.4 is 16.4 Å². The fourth-order valence-electron chi connectivity index (χ4n) is 1.35. The second-order valence-corrected chi connectivity index (χ2v) is 4.17. The molecule has 0 unspecified atom stereocenters. The molecule has 1 aliphatic heterocycles. The van der Waals surface area contributed by atoms with Crippen molar-refractivity contribution in [1.82, 2.24) is 10.6 Å². The van der Waals surface area contributed by atoms with Gasteiger partial charge in [-0.3, -0.25) is 9.59 Å². The van der Waals surface area contributed by atoms with Crippen LogP contribution in [0.5, 0.6) is 0 Å². The molecule has 80 valence electrons. The van der Waals surface area contributed by atoms with E-state index in [0.717, 1.165) is 13.0 Å². The van der Waals surface area contributed by atoms with Crippen LogP contribution in [-0.2, 0) is 9.59 Å². The maximum Gasteiger partial charge on any atom is 0.242 e. The van der Waals surface area contributed by atoms with Gasteiger partial charge in [0, 0.05) is 6.54 Å². The van der Waals surface area contributed by atoms with Crippen molar-refractivity contribution in [2.75, 3.05) is 13.1 Å². The molecule has 1 atom stereocenters. The standard InChI is InChI=1S/C9H17N3O2/c1-9(2,8(10)14)12-7(13)6-3-4-11-5-6/h6,11H,3-5H2,1-2H3,(H2,10,14)(H,12,13)/t6-/m0/s1. The lowest BCUT2D eigenvalue weighted by atomic mass is 10.0. The number of amides is 2. The van der Waals surface area contributed by atoms with Crippen LogP contribution in [0.25, 0.3) is 0 Å². The number of nitrogens with two attached hydrogens (primary N) is 1. The van der Waals surface area contributed by atoms with Crippen molar-refractivity contribution in [2.24, 2.45) is 11.7 Å². The van der Waals surface area contributed by atoms with Crippen molar-refractivity contribution in [3.63, 3.8) is 0 Å². The number of carbonyl (C=O) groups excluding carboxylic acids is 2. The highest BCUT2D eigenvalue weighted by molar-refractivity contribution is 5.90. The number of hydrogen-bond acceptors (Lipinski definition) is 3. The van der Waals surface area contributed by atoms with Gasteiger partial charge in [-0.15, -0.1) is 0 Å². The van der Waals surface area contributed by atoms with Crippen LogP contribution in [0.1, 0.15) is 20.3 Å². The molecule has 0 aromatic heterocycles. The Kier molecular flexibility index (Phi) is 3.10. The van der Waals surface area contributed by atoms with Crippen molar-refractivity contribution < 1.29 is 9.59 Å². The Morgan fingerprint density at radius 2 is 2.14 bits per heavy atom. The van der Waals surface area contributed by atoms with Gasteiger partial charge in [-0.25, -0.2) is 0 Å². The summed E-state index contributed by atoms with van der Waals surface area (Å²) < 4.78 is 0. The molecule has 0 bridgehead atoms. The lowest BCUT2D eigenvalue weighted by Gasteiger charge is -2.23. The van der Waals surface area contributed by atoms with Gasteiger partial charge in [0.25, 0.3) is 0 Å². The monoisotopic (exact) mass is 199 g/mol. The molecule has 0 saturated carbocycles. The molecule has 1 aliphatic rings. The molecule has 0 aromatic carbocycles. The molecule has 0 aromatic rings. The van der Waals surface area contributed by atoms with Gasteiger partial charge in [0.1, 0.15) is 5.54 Å². The number of carbonyl (C=O) groups is 2. The van der Waals surface area contributed by atoms with E-state index in [1.165, 1.54) is 0 Å². The summed E-state index contributed by atoms with van der Waals surface area (Å²) in [4.78, 5) is 22.6. The molecular weight excluding hydrogens is 182 g/mol. The van der Waals surface area contributed by atoms with Crippen molar-refractivity contribution in [3.8, 4) is 0 Å². The molecule has 4 N–H and O–H groups in total. The first-order chi connectivity index (χ1) is 6.43. The first-order valence-corrected chi connectivity index (χ1v) is 4.76. The highest BCUT2D eigenvalue weighted by Gasteiger charge is 2.31. The fraction of sp³-hybridized carbons (Fsp3) is 0.778. The summed E-state index contributed by atoms with van der Waals surface area (Å²) in [6.45, 7) is 4.75. The predicted octanol–water partition coefficient (Wildman–Crippen LogP) is -1.02. The third-order valence-electron chi connectivity index (χ3n) is 2.48. The minimum absolute atomic E-state index is 0.0337. The minimum atomic E-state index is -0.959. The zero-order chi connectivity index (χ0) is 10.8. The van der Waals surface area contributed by atoms with E-state index < -0.39 is 11.4 Å². The largest absolute Gasteiger partial charge is 0.368 e. The van der Waals surface area contributed by atoms with Crippen molar-refractivity contribution in [2.45, 2.75) is 25.8 Å². The van der Waals surface area contributed by atoms with Gasteiger partial charge in [0.2, 0.25) is 11.8 Å². The van der Waals surface area contributed by atoms with E-state index in [2.05, 4.69) is 10.6 Å². The van der Waals surface area contributed by atoms with Crippen molar-refractivity contribution >= 4 is 11.8 Å². The quantitative estimate of drug-likeness (QED) is 0.543. The summed E-state index contributed by atoms with van der Waals surface area (Å²) in [5, 5.41) is 5.74. The Labute approximate surface area is 83.4 Å². The zero-order valence-electron chi connectivity index (χ0n) is 8.59. The average Bonchev–Trinajstić information content (AvgIpc) is 2.54. The minimum Gasteiger partial charge on any atom is -0.368 e. The second kappa shape index (κ2) is 3.96. The fourth-order valence-corrected chi connectivity index (χ4v) is 1.35. The highest BCUT2D eigenvalue weighted by Crippen LogP contribution is 2.10. The van der Waals surface area contributed by atoms with Gasteiger partial charge in [0.05, 0.1) is 5.92 Å². The summed E-state index contributed by atoms with van der Waals surface area (Å²) in [5.74, 6) is -0.649. The number of hydrogen-bond donors (Lipinski definition) is 3. The maximum absolute atomic E-state index is 11.6. The molecule has 1 heterocycles. The van der Waals surface area contributed by atoms with Crippen LogP contribution in [0.3, 0.4) is 0 Å². The highest BCUT2D eigenvalue weighted by atomic mass is 16.2. The normalized spacial score (nSPS) is 22.0. The van der Waals surface area contributed by atoms with E-state index >= 15 is 0 Å². The Bertz CT molecular complexity index is 244. The van der Waals surface area contributed by atoms with Crippen LogP contribution in [0.2, 0.25) is 0 Å². The number of primary amides is 1. The van der Waals surface area contributed by atoms with Crippen LogP contribution in [0, 0.1) is 5.92 Å².